The zero-order valence-corrected chi connectivity index (χ0v) is 8.76. The highest BCUT2D eigenvalue weighted by Gasteiger charge is 2.10. The van der Waals surface area contributed by atoms with E-state index in [2.05, 4.69) is 5.32 Å². The molecule has 1 aromatic carbocycles. The summed E-state index contributed by atoms with van der Waals surface area (Å²) in [7, 11) is 0. The van der Waals surface area contributed by atoms with E-state index in [1.165, 1.54) is 6.07 Å². The summed E-state index contributed by atoms with van der Waals surface area (Å²) in [6.45, 7) is 3.21. The lowest BCUT2D eigenvalue weighted by Crippen LogP contribution is -2.28. The molecular weight excluding hydrogens is 198 g/mol. The molecule has 3 N–H and O–H groups in total. The van der Waals surface area contributed by atoms with Crippen LogP contribution in [0.3, 0.4) is 0 Å². The van der Waals surface area contributed by atoms with Crippen LogP contribution < -0.4 is 11.1 Å². The number of rotatable bonds is 5. The first-order valence-corrected chi connectivity index (χ1v) is 5.07. The van der Waals surface area contributed by atoms with Gasteiger partial charge in [-0.15, -0.1) is 0 Å². The average Bonchev–Trinajstić information content (AvgIpc) is 2.24. The fourth-order valence-electron chi connectivity index (χ4n) is 1.38. The van der Waals surface area contributed by atoms with E-state index in [9.17, 15) is 8.78 Å². The molecule has 0 saturated heterocycles. The predicted molar refractivity (Wildman–Crippen MR) is 56.4 cm³/mol. The molecule has 0 radical (unpaired) electrons. The van der Waals surface area contributed by atoms with Crippen LogP contribution in [0, 0.1) is 11.6 Å². The van der Waals surface area contributed by atoms with Crippen molar-refractivity contribution in [3.8, 4) is 0 Å². The van der Waals surface area contributed by atoms with Crippen molar-refractivity contribution < 1.29 is 8.78 Å². The van der Waals surface area contributed by atoms with E-state index in [1.54, 1.807) is 6.07 Å². The van der Waals surface area contributed by atoms with Crippen molar-refractivity contribution in [1.29, 1.82) is 0 Å². The molecule has 0 aliphatic heterocycles. The Balaban J connectivity index is 2.78. The van der Waals surface area contributed by atoms with E-state index in [0.717, 1.165) is 19.0 Å². The van der Waals surface area contributed by atoms with Crippen LogP contribution in [0.15, 0.2) is 18.2 Å². The lowest BCUT2D eigenvalue weighted by molar-refractivity contribution is 0.496. The SMILES string of the molecule is CCCNC(CN)c1ccc(F)c(F)c1. The number of benzene rings is 1. The van der Waals surface area contributed by atoms with Gasteiger partial charge in [0.15, 0.2) is 11.6 Å². The molecule has 0 saturated carbocycles. The van der Waals surface area contributed by atoms with Gasteiger partial charge in [-0.2, -0.15) is 0 Å². The Morgan fingerprint density at radius 1 is 1.33 bits per heavy atom. The molecule has 1 aromatic rings. The fourth-order valence-corrected chi connectivity index (χ4v) is 1.38. The summed E-state index contributed by atoms with van der Waals surface area (Å²) in [4.78, 5) is 0. The third-order valence-electron chi connectivity index (χ3n) is 2.22. The van der Waals surface area contributed by atoms with Gasteiger partial charge in [0.2, 0.25) is 0 Å². The van der Waals surface area contributed by atoms with Gasteiger partial charge in [0.1, 0.15) is 0 Å². The molecule has 0 spiro atoms. The maximum absolute atomic E-state index is 13.0. The Kier molecular flexibility index (Phi) is 4.65. The summed E-state index contributed by atoms with van der Waals surface area (Å²) in [6.07, 6.45) is 0.972. The van der Waals surface area contributed by atoms with Gasteiger partial charge >= 0.3 is 0 Å². The molecule has 1 rings (SSSR count). The van der Waals surface area contributed by atoms with Gasteiger partial charge in [0.25, 0.3) is 0 Å². The van der Waals surface area contributed by atoms with Crippen molar-refractivity contribution in [3.63, 3.8) is 0 Å². The topological polar surface area (TPSA) is 38.0 Å². The van der Waals surface area contributed by atoms with Crippen LogP contribution >= 0.6 is 0 Å². The molecule has 15 heavy (non-hydrogen) atoms. The quantitative estimate of drug-likeness (QED) is 0.786. The van der Waals surface area contributed by atoms with Crippen LogP contribution in [0.5, 0.6) is 0 Å². The minimum absolute atomic E-state index is 0.111. The third-order valence-corrected chi connectivity index (χ3v) is 2.22. The monoisotopic (exact) mass is 214 g/mol. The van der Waals surface area contributed by atoms with Crippen LogP contribution in [0.2, 0.25) is 0 Å². The Hall–Kier alpha value is -1.00. The van der Waals surface area contributed by atoms with Gasteiger partial charge in [-0.1, -0.05) is 13.0 Å². The highest BCUT2D eigenvalue weighted by atomic mass is 19.2. The maximum Gasteiger partial charge on any atom is 0.159 e. The van der Waals surface area contributed by atoms with E-state index in [1.807, 2.05) is 6.92 Å². The largest absolute Gasteiger partial charge is 0.329 e. The van der Waals surface area contributed by atoms with Gasteiger partial charge in [0, 0.05) is 12.6 Å². The molecule has 0 aliphatic carbocycles. The lowest BCUT2D eigenvalue weighted by Gasteiger charge is -2.16. The van der Waals surface area contributed by atoms with Gasteiger partial charge in [-0.25, -0.2) is 8.78 Å². The Bertz CT molecular complexity index is 315. The first kappa shape index (κ1) is 12.1. The smallest absolute Gasteiger partial charge is 0.159 e. The standard InChI is InChI=1S/C11H16F2N2/c1-2-5-15-11(7-14)8-3-4-9(12)10(13)6-8/h3-4,6,11,15H,2,5,7,14H2,1H3. The number of nitrogens with one attached hydrogen (secondary N) is 1. The van der Waals surface area contributed by atoms with Crippen molar-refractivity contribution >= 4 is 0 Å². The molecule has 1 atom stereocenters. The zero-order chi connectivity index (χ0) is 11.3. The Morgan fingerprint density at radius 3 is 2.60 bits per heavy atom. The Labute approximate surface area is 88.5 Å². The molecule has 0 heterocycles. The minimum Gasteiger partial charge on any atom is -0.329 e. The molecule has 0 aromatic heterocycles. The van der Waals surface area contributed by atoms with Crippen LogP contribution in [0.25, 0.3) is 0 Å². The van der Waals surface area contributed by atoms with E-state index in [-0.39, 0.29) is 6.04 Å². The molecular formula is C11H16F2N2. The van der Waals surface area contributed by atoms with Crippen molar-refractivity contribution in [2.24, 2.45) is 5.73 Å². The van der Waals surface area contributed by atoms with Gasteiger partial charge in [-0.3, -0.25) is 0 Å². The maximum atomic E-state index is 13.0. The van der Waals surface area contributed by atoms with Crippen LogP contribution in [0.1, 0.15) is 24.9 Å². The van der Waals surface area contributed by atoms with Crippen LogP contribution in [0.4, 0.5) is 8.78 Å². The normalized spacial score (nSPS) is 12.8. The van der Waals surface area contributed by atoms with Crippen LogP contribution in [-0.2, 0) is 0 Å². The van der Waals surface area contributed by atoms with E-state index in [4.69, 9.17) is 5.73 Å². The molecule has 0 fully saturated rings. The van der Waals surface area contributed by atoms with Gasteiger partial charge < -0.3 is 11.1 Å². The summed E-state index contributed by atoms with van der Waals surface area (Å²) < 4.78 is 25.6. The first-order valence-electron chi connectivity index (χ1n) is 5.07. The van der Waals surface area contributed by atoms with Crippen molar-refractivity contribution in [2.75, 3.05) is 13.1 Å². The predicted octanol–water partition coefficient (Wildman–Crippen LogP) is 1.96. The van der Waals surface area contributed by atoms with Gasteiger partial charge in [-0.05, 0) is 30.7 Å². The second-order valence-corrected chi connectivity index (χ2v) is 3.42. The van der Waals surface area contributed by atoms with E-state index >= 15 is 0 Å². The van der Waals surface area contributed by atoms with Crippen LogP contribution in [-0.4, -0.2) is 13.1 Å². The number of halogens is 2. The molecule has 2 nitrogen and oxygen atoms in total. The number of hydrogen-bond acceptors (Lipinski definition) is 2. The molecule has 0 aliphatic rings. The highest BCUT2D eigenvalue weighted by Crippen LogP contribution is 2.15. The Morgan fingerprint density at radius 2 is 2.07 bits per heavy atom. The summed E-state index contributed by atoms with van der Waals surface area (Å²) in [5.41, 5.74) is 6.24. The lowest BCUT2D eigenvalue weighted by atomic mass is 10.1. The summed E-state index contributed by atoms with van der Waals surface area (Å²) in [6, 6.07) is 3.76. The van der Waals surface area contributed by atoms with E-state index < -0.39 is 11.6 Å². The number of nitrogens with two attached hydrogens (primary N) is 1. The van der Waals surface area contributed by atoms with Gasteiger partial charge in [0.05, 0.1) is 0 Å². The van der Waals surface area contributed by atoms with Crippen molar-refractivity contribution in [1.82, 2.24) is 5.32 Å². The number of hydrogen-bond donors (Lipinski definition) is 2. The molecule has 0 bridgehead atoms. The second-order valence-electron chi connectivity index (χ2n) is 3.42. The summed E-state index contributed by atoms with van der Waals surface area (Å²) in [5.74, 6) is -1.66. The third kappa shape index (κ3) is 3.25. The fraction of sp³-hybridized carbons (Fsp3) is 0.455. The molecule has 84 valence electrons. The zero-order valence-electron chi connectivity index (χ0n) is 8.76. The average molecular weight is 214 g/mol. The van der Waals surface area contributed by atoms with E-state index in [0.29, 0.717) is 12.1 Å². The molecule has 4 heteroatoms. The minimum atomic E-state index is -0.829. The molecule has 0 amide bonds. The second kappa shape index (κ2) is 5.78. The summed E-state index contributed by atoms with van der Waals surface area (Å²) >= 11 is 0. The highest BCUT2D eigenvalue weighted by molar-refractivity contribution is 5.21. The molecule has 1 unspecified atom stereocenters. The first-order chi connectivity index (χ1) is 7.19. The van der Waals surface area contributed by atoms with Crippen molar-refractivity contribution in [2.45, 2.75) is 19.4 Å². The van der Waals surface area contributed by atoms with Crippen molar-refractivity contribution in [3.05, 3.63) is 35.4 Å². The summed E-state index contributed by atoms with van der Waals surface area (Å²) in [5, 5.41) is 3.17.